The molecule has 0 aromatic heterocycles. The normalized spacial score (nSPS) is 21.9. The molecule has 3 aliphatic rings. The number of unbranched alkanes of at least 4 members (excludes halogenated alkanes) is 6. The highest BCUT2D eigenvalue weighted by Gasteiger charge is 2.45. The van der Waals surface area contributed by atoms with Crippen LogP contribution >= 0.6 is 0 Å². The maximum absolute atomic E-state index is 14.5. The number of rotatable bonds is 20. The van der Waals surface area contributed by atoms with Crippen molar-refractivity contribution in [3.05, 3.63) is 131 Å². The van der Waals surface area contributed by atoms with Crippen LogP contribution in [-0.4, -0.2) is 180 Å². The monoisotopic (exact) mass is 1370 g/mol. The second-order valence-corrected chi connectivity index (χ2v) is 27.5. The summed E-state index contributed by atoms with van der Waals surface area (Å²) in [5.74, 6) is -4.18. The van der Waals surface area contributed by atoms with Crippen LogP contribution in [0.5, 0.6) is 11.5 Å². The van der Waals surface area contributed by atoms with Gasteiger partial charge in [0.1, 0.15) is 47.8 Å². The lowest BCUT2D eigenvalue weighted by Crippen LogP contribution is -2.61. The lowest BCUT2D eigenvalue weighted by molar-refractivity contribution is -0.144. The number of amides is 7. The van der Waals surface area contributed by atoms with Gasteiger partial charge in [-0.15, -0.1) is 0 Å². The molecule has 0 saturated carbocycles. The third kappa shape index (κ3) is 23.6. The van der Waals surface area contributed by atoms with Crippen LogP contribution in [0.4, 0.5) is 0 Å². The van der Waals surface area contributed by atoms with Crippen LogP contribution in [-0.2, 0) is 55.4 Å². The fourth-order valence-electron chi connectivity index (χ4n) is 11.3. The number of aliphatic hydroxyl groups excluding tert-OH is 2. The Bertz CT molecular complexity index is 3580. The molecular formula is C68H93N9O17S2. The molecule has 96 heavy (non-hydrogen) atoms. The van der Waals surface area contributed by atoms with E-state index in [0.29, 0.717) is 31.7 Å². The Morgan fingerprint density at radius 3 is 1.86 bits per heavy atom. The molecule has 0 bridgehead atoms. The average Bonchev–Trinajstić information content (AvgIpc) is 1.82. The first-order valence-corrected chi connectivity index (χ1v) is 35.4. The Hall–Kier alpha value is -8.09. The smallest absolute Gasteiger partial charge is 0.294 e. The van der Waals surface area contributed by atoms with Gasteiger partial charge in [0.25, 0.3) is 26.1 Å². The lowest BCUT2D eigenvalue weighted by Gasteiger charge is -2.32. The summed E-state index contributed by atoms with van der Waals surface area (Å²) in [6.45, 7) is 7.74. The maximum Gasteiger partial charge on any atom is 0.294 e. The van der Waals surface area contributed by atoms with Gasteiger partial charge in [-0.2, -0.15) is 16.8 Å². The minimum Gasteiger partial charge on any atom is -0.508 e. The number of hydrogen-bond donors (Lipinski definition) is 12. The van der Waals surface area contributed by atoms with Crippen molar-refractivity contribution in [2.24, 2.45) is 11.5 Å². The van der Waals surface area contributed by atoms with E-state index in [-0.39, 0.29) is 85.7 Å². The number of nitrogens with two attached hydrogens (primary N) is 2. The fraction of sp³-hybridized carbons (Fsp3) is 0.485. The van der Waals surface area contributed by atoms with Gasteiger partial charge >= 0.3 is 0 Å². The van der Waals surface area contributed by atoms with Crippen LogP contribution in [0.1, 0.15) is 131 Å². The van der Waals surface area contributed by atoms with Gasteiger partial charge in [-0.05, 0) is 162 Å². The first-order valence-electron chi connectivity index (χ1n) is 32.5. The molecule has 5 aromatic rings. The number of nitrogens with zero attached hydrogens (tertiary/aromatic N) is 2. The number of fused-ring (bicyclic) bond motifs is 3. The zero-order valence-corrected chi connectivity index (χ0v) is 56.4. The van der Waals surface area contributed by atoms with Crippen molar-refractivity contribution in [3.63, 3.8) is 0 Å². The number of phenols is 1. The van der Waals surface area contributed by atoms with Crippen molar-refractivity contribution >= 4 is 72.4 Å². The standard InChI is InChI=1S/C54H77N9O11.2C7H8O3S/c1-3-4-5-6-7-10-26-74-41-22-19-35-27-37(18-17-36(35)28-41)48(67)58-42-13-11-25-57-51(70)46-30-40(66)32-63(46)53(72)44(12-8-9-24-55)60-49(68)43(23-16-34-14-20-39(65)21-15-34)59-52(71)45-29-38(56)31-62(45)54(73)47(33(2)64)61-50(42)69;2*1-6-2-4-7(5-3-6)11(8,9)10/h14-15,17-22,27-28,33,38,40,42-47,64-66H,3-13,16,23-26,29-32,55-56H2,1-2H3,(H,57,70)(H,58,67)(H,59,71)(H,60,68)(H,61,69);2*2-5H,1H3,(H,8,9,10)/t33-,38+,40-,42+,43+,44+,45+,46+,47+;;/m1../s1. The molecule has 5 aromatic carbocycles. The van der Waals surface area contributed by atoms with Gasteiger partial charge < -0.3 is 67.9 Å². The summed E-state index contributed by atoms with van der Waals surface area (Å²) < 4.78 is 65.1. The van der Waals surface area contributed by atoms with E-state index in [1.807, 2.05) is 32.0 Å². The number of phenolic OH excluding ortho intramolecular Hbond substituents is 1. The molecular weight excluding hydrogens is 1280 g/mol. The number of carbonyl (C=O) groups excluding carboxylic acids is 7. The summed E-state index contributed by atoms with van der Waals surface area (Å²) >= 11 is 0. The fourth-order valence-corrected chi connectivity index (χ4v) is 12.3. The molecule has 0 spiro atoms. The van der Waals surface area contributed by atoms with E-state index >= 15 is 0 Å². The van der Waals surface area contributed by atoms with E-state index in [1.165, 1.54) is 73.9 Å². The van der Waals surface area contributed by atoms with Gasteiger partial charge in [0, 0.05) is 37.7 Å². The molecule has 26 nitrogen and oxygen atoms in total. The van der Waals surface area contributed by atoms with Crippen molar-refractivity contribution in [2.45, 2.75) is 188 Å². The molecule has 7 amide bonds. The molecule has 0 aliphatic carbocycles. The Kier molecular flexibility index (Phi) is 29.5. The van der Waals surface area contributed by atoms with Gasteiger partial charge in [0.05, 0.1) is 28.6 Å². The van der Waals surface area contributed by atoms with Crippen molar-refractivity contribution in [3.8, 4) is 11.5 Å². The van der Waals surface area contributed by atoms with Gasteiger partial charge in [-0.1, -0.05) is 98.7 Å². The van der Waals surface area contributed by atoms with Gasteiger partial charge in [-0.25, -0.2) is 0 Å². The van der Waals surface area contributed by atoms with Crippen molar-refractivity contribution in [2.75, 3.05) is 32.8 Å². The van der Waals surface area contributed by atoms with Gasteiger partial charge in [-0.3, -0.25) is 42.7 Å². The number of nitrogens with one attached hydrogen (secondary N) is 5. The predicted octanol–water partition coefficient (Wildman–Crippen LogP) is 4.26. The minimum absolute atomic E-state index is 0.0140. The second kappa shape index (κ2) is 36.9. The molecule has 3 heterocycles. The van der Waals surface area contributed by atoms with E-state index in [0.717, 1.165) is 45.2 Å². The molecule has 28 heteroatoms. The lowest BCUT2D eigenvalue weighted by atomic mass is 10.0. The highest BCUT2D eigenvalue weighted by Crippen LogP contribution is 2.26. The third-order valence-corrected chi connectivity index (χ3v) is 18.5. The Balaban J connectivity index is 0.000000555. The number of benzene rings is 5. The summed E-state index contributed by atoms with van der Waals surface area (Å²) in [5, 5.41) is 47.2. The van der Waals surface area contributed by atoms with Crippen LogP contribution in [0.15, 0.2) is 119 Å². The third-order valence-electron chi connectivity index (χ3n) is 16.8. The summed E-state index contributed by atoms with van der Waals surface area (Å²) in [5.41, 5.74) is 15.1. The molecule has 0 radical (unpaired) electrons. The van der Waals surface area contributed by atoms with E-state index in [2.05, 4.69) is 33.5 Å². The minimum atomic E-state index is -4.02. The number of hydrogen-bond acceptors (Lipinski definition) is 17. The second-order valence-electron chi connectivity index (χ2n) is 24.6. The Morgan fingerprint density at radius 2 is 1.25 bits per heavy atom. The molecule has 0 unspecified atom stereocenters. The van der Waals surface area contributed by atoms with E-state index < -0.39 is 116 Å². The topological polar surface area (TPSA) is 417 Å². The largest absolute Gasteiger partial charge is 0.508 e. The maximum atomic E-state index is 14.5. The quantitative estimate of drug-likeness (QED) is 0.0382. The number of ether oxygens (including phenoxy) is 1. The Labute approximate surface area is 561 Å². The van der Waals surface area contributed by atoms with Crippen molar-refractivity contribution in [1.82, 2.24) is 36.4 Å². The number of aliphatic hydroxyl groups is 2. The van der Waals surface area contributed by atoms with Crippen LogP contribution in [0, 0.1) is 13.8 Å². The van der Waals surface area contributed by atoms with E-state index in [4.69, 9.17) is 25.3 Å². The average molecular weight is 1370 g/mol. The molecule has 8 rings (SSSR count). The van der Waals surface area contributed by atoms with E-state index in [9.17, 15) is 65.7 Å². The molecule has 524 valence electrons. The zero-order valence-electron chi connectivity index (χ0n) is 54.7. The highest BCUT2D eigenvalue weighted by molar-refractivity contribution is 7.86. The summed E-state index contributed by atoms with van der Waals surface area (Å²) in [6, 6.07) is 20.5. The molecule has 3 saturated heterocycles. The van der Waals surface area contributed by atoms with Gasteiger partial charge in [0.2, 0.25) is 35.4 Å². The zero-order chi connectivity index (χ0) is 70.3. The molecule has 14 N–H and O–H groups in total. The first-order chi connectivity index (χ1) is 45.6. The number of carbonyl (C=O) groups is 7. The number of aromatic hydroxyl groups is 1. The Morgan fingerprint density at radius 1 is 0.667 bits per heavy atom. The van der Waals surface area contributed by atoms with Crippen LogP contribution in [0.3, 0.4) is 0 Å². The molecule has 9 atom stereocenters. The SMILES string of the molecule is CCCCCCCCOc1ccc2cc(C(=O)N[C@H]3CCCNC(=O)[C@@H]4C[C@@H](O)CN4C(=O)[C@H](CCCCN)NC(=O)[C@H](CCc4ccc(O)cc4)NC(=O)[C@@H]4C[C@H](N)CN4C(=O)[C@H]([C@@H](C)O)NC3=O)ccc2c1.Cc1ccc(S(=O)(=O)O)cc1.Cc1ccc(S(=O)(=O)O)cc1. The van der Waals surface area contributed by atoms with Crippen LogP contribution in [0.25, 0.3) is 10.8 Å². The summed E-state index contributed by atoms with van der Waals surface area (Å²) in [6.07, 6.45) is 5.59. The van der Waals surface area contributed by atoms with Crippen molar-refractivity contribution in [1.29, 1.82) is 0 Å². The molecule has 3 aliphatic heterocycles. The summed E-state index contributed by atoms with van der Waals surface area (Å²) in [7, 11) is -8.04. The van der Waals surface area contributed by atoms with Crippen LogP contribution in [0.2, 0.25) is 0 Å². The number of aryl methyl sites for hydroxylation is 3. The van der Waals surface area contributed by atoms with Crippen LogP contribution < -0.4 is 42.8 Å². The molecule has 3 fully saturated rings. The highest BCUT2D eigenvalue weighted by atomic mass is 32.2. The summed E-state index contributed by atoms with van der Waals surface area (Å²) in [4.78, 5) is 102. The predicted molar refractivity (Wildman–Crippen MR) is 359 cm³/mol. The van der Waals surface area contributed by atoms with Gasteiger partial charge in [0.15, 0.2) is 0 Å². The first kappa shape index (κ1) is 76.9. The van der Waals surface area contributed by atoms with E-state index in [1.54, 1.807) is 54.6 Å². The van der Waals surface area contributed by atoms with Crippen molar-refractivity contribution < 1.29 is 79.6 Å².